The maximum atomic E-state index is 14.0. The number of amides is 1. The van der Waals surface area contributed by atoms with E-state index in [0.29, 0.717) is 18.4 Å². The molecule has 1 aliphatic heterocycles. The molecular formula is C31H32N2O3. The molecule has 5 rings (SSSR count). The highest BCUT2D eigenvalue weighted by molar-refractivity contribution is 6.07. The predicted octanol–water partition coefficient (Wildman–Crippen LogP) is 6.56. The minimum absolute atomic E-state index is 0.0174. The van der Waals surface area contributed by atoms with E-state index in [2.05, 4.69) is 17.4 Å². The fraction of sp³-hybridized carbons (Fsp3) is 0.290. The minimum Gasteiger partial charge on any atom is -0.497 e. The number of aryl methyl sites for hydroxylation is 1. The third-order valence-corrected chi connectivity index (χ3v) is 7.17. The van der Waals surface area contributed by atoms with Crippen LogP contribution in [0.4, 0.5) is 11.4 Å². The first kappa shape index (κ1) is 23.9. The number of fused-ring (bicyclic) bond motifs is 1. The summed E-state index contributed by atoms with van der Waals surface area (Å²) in [5.74, 6) is 0.636. The lowest BCUT2D eigenvalue weighted by Crippen LogP contribution is -2.40. The molecule has 184 valence electrons. The molecule has 5 heteroatoms. The molecule has 3 aromatic carbocycles. The van der Waals surface area contributed by atoms with Gasteiger partial charge in [0.1, 0.15) is 5.75 Å². The molecule has 0 fully saturated rings. The van der Waals surface area contributed by atoms with E-state index in [1.807, 2.05) is 86.3 Å². The van der Waals surface area contributed by atoms with E-state index in [0.717, 1.165) is 39.5 Å². The fourth-order valence-electron chi connectivity index (χ4n) is 5.33. The van der Waals surface area contributed by atoms with Crippen LogP contribution in [0.25, 0.3) is 0 Å². The summed E-state index contributed by atoms with van der Waals surface area (Å²) in [6, 6.07) is 23.5. The summed E-state index contributed by atoms with van der Waals surface area (Å²) in [5, 5.41) is 3.61. The first-order valence-corrected chi connectivity index (χ1v) is 12.5. The van der Waals surface area contributed by atoms with E-state index in [1.54, 1.807) is 7.11 Å². The molecule has 0 bridgehead atoms. The molecule has 1 heterocycles. The maximum absolute atomic E-state index is 14.0. The Labute approximate surface area is 212 Å². The third kappa shape index (κ3) is 4.30. The zero-order valence-corrected chi connectivity index (χ0v) is 21.2. The van der Waals surface area contributed by atoms with Crippen molar-refractivity contribution in [2.45, 2.75) is 45.6 Å². The van der Waals surface area contributed by atoms with E-state index < -0.39 is 6.04 Å². The number of ketones is 1. The van der Waals surface area contributed by atoms with Crippen LogP contribution in [0.3, 0.4) is 0 Å². The van der Waals surface area contributed by atoms with Crippen molar-refractivity contribution >= 4 is 23.1 Å². The summed E-state index contributed by atoms with van der Waals surface area (Å²) in [6.07, 6.45) is 1.12. The summed E-state index contributed by atoms with van der Waals surface area (Å²) in [7, 11) is 1.63. The number of anilines is 2. The van der Waals surface area contributed by atoms with Crippen molar-refractivity contribution in [3.63, 3.8) is 0 Å². The second kappa shape index (κ2) is 9.65. The number of hydrogen-bond acceptors (Lipinski definition) is 4. The molecule has 0 spiro atoms. The molecule has 0 radical (unpaired) electrons. The van der Waals surface area contributed by atoms with E-state index in [9.17, 15) is 9.59 Å². The van der Waals surface area contributed by atoms with Crippen LogP contribution in [0.1, 0.15) is 55.3 Å². The van der Waals surface area contributed by atoms with Gasteiger partial charge in [0.05, 0.1) is 24.5 Å². The molecular weight excluding hydrogens is 448 g/mol. The topological polar surface area (TPSA) is 58.6 Å². The Kier molecular flexibility index (Phi) is 6.40. The minimum atomic E-state index is -0.527. The van der Waals surface area contributed by atoms with Crippen LogP contribution in [-0.4, -0.2) is 18.8 Å². The maximum Gasteiger partial charge on any atom is 0.230 e. The SMILES string of the molecule is COc1ccc([C@H]2C3=C(C[C@@H](c4ccccc4)CC3=O)Nc3ccc(C)cc3N2C(=O)C(C)C)cc1. The molecule has 1 aliphatic carbocycles. The number of allylic oxidation sites excluding steroid dienone is 1. The van der Waals surface area contributed by atoms with E-state index in [-0.39, 0.29) is 23.5 Å². The number of nitrogens with one attached hydrogen (secondary N) is 1. The van der Waals surface area contributed by atoms with Gasteiger partial charge in [-0.15, -0.1) is 0 Å². The quantitative estimate of drug-likeness (QED) is 0.459. The Morgan fingerprint density at radius 3 is 2.36 bits per heavy atom. The normalized spacial score (nSPS) is 19.4. The number of benzene rings is 3. The molecule has 0 saturated heterocycles. The number of hydrogen-bond donors (Lipinski definition) is 1. The molecule has 1 N–H and O–H groups in total. The van der Waals surface area contributed by atoms with E-state index >= 15 is 0 Å². The Morgan fingerprint density at radius 2 is 1.69 bits per heavy atom. The van der Waals surface area contributed by atoms with Crippen LogP contribution >= 0.6 is 0 Å². The Hall–Kier alpha value is -3.86. The average molecular weight is 481 g/mol. The van der Waals surface area contributed by atoms with Gasteiger partial charge in [-0.3, -0.25) is 14.5 Å². The zero-order chi connectivity index (χ0) is 25.4. The highest BCUT2D eigenvalue weighted by Crippen LogP contribution is 2.48. The molecule has 36 heavy (non-hydrogen) atoms. The Bertz CT molecular complexity index is 1330. The van der Waals surface area contributed by atoms with Crippen molar-refractivity contribution in [3.8, 4) is 5.75 Å². The zero-order valence-electron chi connectivity index (χ0n) is 21.2. The van der Waals surface area contributed by atoms with Gasteiger partial charge in [-0.05, 0) is 60.2 Å². The van der Waals surface area contributed by atoms with Crippen LogP contribution in [-0.2, 0) is 9.59 Å². The second-order valence-corrected chi connectivity index (χ2v) is 10.0. The van der Waals surface area contributed by atoms with Crippen molar-refractivity contribution in [2.24, 2.45) is 5.92 Å². The summed E-state index contributed by atoms with van der Waals surface area (Å²) < 4.78 is 5.38. The van der Waals surface area contributed by atoms with Gasteiger partial charge in [-0.2, -0.15) is 0 Å². The number of carbonyl (C=O) groups excluding carboxylic acids is 2. The molecule has 0 saturated carbocycles. The monoisotopic (exact) mass is 480 g/mol. The van der Waals surface area contributed by atoms with Gasteiger partial charge in [0, 0.05) is 23.6 Å². The molecule has 3 aromatic rings. The Morgan fingerprint density at radius 1 is 0.972 bits per heavy atom. The standard InChI is InChI=1S/C31H32N2O3/c1-19(2)31(35)33-27-16-20(3)10-15-25(27)32-26-17-23(21-8-6-5-7-9-21)18-28(34)29(26)30(33)22-11-13-24(36-4)14-12-22/h5-16,19,23,30,32H,17-18H2,1-4H3/t23-,30+/m1/s1. The third-order valence-electron chi connectivity index (χ3n) is 7.17. The van der Waals surface area contributed by atoms with Crippen molar-refractivity contribution < 1.29 is 14.3 Å². The van der Waals surface area contributed by atoms with Crippen LogP contribution in [0.15, 0.2) is 84.1 Å². The van der Waals surface area contributed by atoms with Crippen LogP contribution in [0, 0.1) is 12.8 Å². The van der Waals surface area contributed by atoms with E-state index in [4.69, 9.17) is 4.74 Å². The first-order valence-electron chi connectivity index (χ1n) is 12.5. The number of methoxy groups -OCH3 is 1. The lowest BCUT2D eigenvalue weighted by atomic mass is 9.78. The largest absolute Gasteiger partial charge is 0.497 e. The number of rotatable bonds is 4. The van der Waals surface area contributed by atoms with Crippen molar-refractivity contribution in [2.75, 3.05) is 17.3 Å². The van der Waals surface area contributed by atoms with Gasteiger partial charge in [-0.25, -0.2) is 0 Å². The number of nitrogens with zero attached hydrogens (tertiary/aromatic N) is 1. The Balaban J connectivity index is 1.73. The fourth-order valence-corrected chi connectivity index (χ4v) is 5.33. The van der Waals surface area contributed by atoms with Crippen molar-refractivity contribution in [3.05, 3.63) is 101 Å². The smallest absolute Gasteiger partial charge is 0.230 e. The predicted molar refractivity (Wildman–Crippen MR) is 143 cm³/mol. The average Bonchev–Trinajstić information content (AvgIpc) is 3.03. The lowest BCUT2D eigenvalue weighted by molar-refractivity contribution is -0.121. The molecule has 1 amide bonds. The van der Waals surface area contributed by atoms with Crippen molar-refractivity contribution in [1.29, 1.82) is 0 Å². The van der Waals surface area contributed by atoms with Gasteiger partial charge in [0.2, 0.25) is 5.91 Å². The van der Waals surface area contributed by atoms with Crippen LogP contribution in [0.2, 0.25) is 0 Å². The van der Waals surface area contributed by atoms with Gasteiger partial charge in [-0.1, -0.05) is 62.4 Å². The van der Waals surface area contributed by atoms with Gasteiger partial charge >= 0.3 is 0 Å². The summed E-state index contributed by atoms with van der Waals surface area (Å²) >= 11 is 0. The highest BCUT2D eigenvalue weighted by Gasteiger charge is 2.42. The van der Waals surface area contributed by atoms with Crippen LogP contribution in [0.5, 0.6) is 5.75 Å². The molecule has 2 aliphatic rings. The van der Waals surface area contributed by atoms with E-state index in [1.165, 1.54) is 0 Å². The van der Waals surface area contributed by atoms with Gasteiger partial charge in [0.15, 0.2) is 5.78 Å². The summed E-state index contributed by atoms with van der Waals surface area (Å²) in [4.78, 5) is 29.6. The second-order valence-electron chi connectivity index (χ2n) is 10.0. The first-order chi connectivity index (χ1) is 17.4. The van der Waals surface area contributed by atoms with Gasteiger partial charge < -0.3 is 10.1 Å². The highest BCUT2D eigenvalue weighted by atomic mass is 16.5. The number of carbonyl (C=O) groups is 2. The molecule has 0 aromatic heterocycles. The molecule has 2 atom stereocenters. The van der Waals surface area contributed by atoms with Gasteiger partial charge in [0.25, 0.3) is 0 Å². The number of Topliss-reactive ketones (excluding diaryl/α,β-unsaturated/α-hetero) is 1. The summed E-state index contributed by atoms with van der Waals surface area (Å²) in [6.45, 7) is 5.84. The molecule has 0 unspecified atom stereocenters. The van der Waals surface area contributed by atoms with Crippen molar-refractivity contribution in [1.82, 2.24) is 0 Å². The molecule has 5 nitrogen and oxygen atoms in total. The number of ether oxygens (including phenoxy) is 1. The summed E-state index contributed by atoms with van der Waals surface area (Å²) in [5.41, 5.74) is 6.32. The van der Waals surface area contributed by atoms with Crippen LogP contribution < -0.4 is 15.0 Å². The lowest BCUT2D eigenvalue weighted by Gasteiger charge is -2.36.